The Morgan fingerprint density at radius 2 is 1.63 bits per heavy atom. The molecule has 0 aliphatic heterocycles. The number of hydrogen-bond acceptors (Lipinski definition) is 3. The molecule has 0 saturated carbocycles. The van der Waals surface area contributed by atoms with Crippen LogP contribution in [0.2, 0.25) is 0 Å². The van der Waals surface area contributed by atoms with Gasteiger partial charge < -0.3 is 5.32 Å². The molecule has 0 spiro atoms. The molecule has 30 heavy (non-hydrogen) atoms. The van der Waals surface area contributed by atoms with Crippen molar-refractivity contribution in [3.05, 3.63) is 46.3 Å². The SMILES string of the molecule is Cn1nc(C(F)(F)C(F)(F)F)c(C(F)(F)F)c1C(=O)Nc1ccc(F)c(C=O)c1F. The minimum absolute atomic E-state index is 0.199. The van der Waals surface area contributed by atoms with Gasteiger partial charge in [0.05, 0.1) is 11.3 Å². The smallest absolute Gasteiger partial charge is 0.318 e. The summed E-state index contributed by atoms with van der Waals surface area (Å²) in [7, 11) is 0.470. The normalized spacial score (nSPS) is 12.8. The molecule has 0 aliphatic rings. The molecule has 164 valence electrons. The van der Waals surface area contributed by atoms with Gasteiger partial charge in [-0.2, -0.15) is 40.2 Å². The van der Waals surface area contributed by atoms with Crippen molar-refractivity contribution in [1.29, 1.82) is 0 Å². The summed E-state index contributed by atoms with van der Waals surface area (Å²) in [6, 6.07) is 0.948. The molecule has 0 aliphatic carbocycles. The Balaban J connectivity index is 2.66. The Morgan fingerprint density at radius 1 is 1.07 bits per heavy atom. The lowest BCUT2D eigenvalue weighted by Gasteiger charge is -2.19. The second-order valence-electron chi connectivity index (χ2n) is 5.66. The molecule has 0 radical (unpaired) electrons. The van der Waals surface area contributed by atoms with Crippen LogP contribution in [0.5, 0.6) is 0 Å². The van der Waals surface area contributed by atoms with Gasteiger partial charge in [0, 0.05) is 7.05 Å². The van der Waals surface area contributed by atoms with Gasteiger partial charge in [0.2, 0.25) is 0 Å². The predicted octanol–water partition coefficient (Wildman–Crippen LogP) is 4.44. The van der Waals surface area contributed by atoms with Gasteiger partial charge in [-0.15, -0.1) is 0 Å². The highest BCUT2D eigenvalue weighted by Gasteiger charge is 2.64. The van der Waals surface area contributed by atoms with Crippen molar-refractivity contribution in [2.45, 2.75) is 18.3 Å². The molecule has 1 N–H and O–H groups in total. The number of benzene rings is 1. The number of halogens is 10. The zero-order chi connectivity index (χ0) is 23.2. The van der Waals surface area contributed by atoms with Crippen LogP contribution in [0.25, 0.3) is 0 Å². The third-order valence-electron chi connectivity index (χ3n) is 3.69. The predicted molar refractivity (Wildman–Crippen MR) is 77.9 cm³/mol. The molecule has 0 fully saturated rings. The summed E-state index contributed by atoms with van der Waals surface area (Å²) in [4.78, 5) is 22.8. The molecule has 1 aromatic carbocycles. The lowest BCUT2D eigenvalue weighted by atomic mass is 10.1. The van der Waals surface area contributed by atoms with Crippen LogP contribution in [0.1, 0.15) is 32.1 Å². The second-order valence-corrected chi connectivity index (χ2v) is 5.66. The molecule has 0 unspecified atom stereocenters. The first-order valence-electron chi connectivity index (χ1n) is 7.37. The van der Waals surface area contributed by atoms with Gasteiger partial charge in [0.15, 0.2) is 17.8 Å². The van der Waals surface area contributed by atoms with Crippen LogP contribution >= 0.6 is 0 Å². The Labute approximate surface area is 159 Å². The van der Waals surface area contributed by atoms with Crippen LogP contribution < -0.4 is 5.32 Å². The van der Waals surface area contributed by atoms with E-state index < -0.39 is 64.0 Å². The number of amides is 1. The van der Waals surface area contributed by atoms with Crippen molar-refractivity contribution in [2.24, 2.45) is 7.05 Å². The molecule has 2 aromatic rings. The molecular formula is C15H7F10N3O2. The van der Waals surface area contributed by atoms with Crippen LogP contribution in [0.4, 0.5) is 49.6 Å². The fraction of sp³-hybridized carbons (Fsp3) is 0.267. The van der Waals surface area contributed by atoms with Gasteiger partial charge >= 0.3 is 18.3 Å². The Bertz CT molecular complexity index is 1010. The van der Waals surface area contributed by atoms with E-state index >= 15 is 0 Å². The fourth-order valence-corrected chi connectivity index (χ4v) is 2.36. The molecule has 5 nitrogen and oxygen atoms in total. The highest BCUT2D eigenvalue weighted by molar-refractivity contribution is 6.04. The first-order valence-corrected chi connectivity index (χ1v) is 7.37. The number of anilines is 1. The molecule has 1 aromatic heterocycles. The molecule has 0 saturated heterocycles. The van der Waals surface area contributed by atoms with Crippen molar-refractivity contribution in [1.82, 2.24) is 9.78 Å². The summed E-state index contributed by atoms with van der Waals surface area (Å²) in [6.45, 7) is 0. The number of rotatable bonds is 4. The number of nitrogens with zero attached hydrogens (tertiary/aromatic N) is 2. The van der Waals surface area contributed by atoms with Crippen LogP contribution in [0, 0.1) is 11.6 Å². The maximum atomic E-state index is 14.0. The largest absolute Gasteiger partial charge is 0.459 e. The fourth-order valence-electron chi connectivity index (χ4n) is 2.36. The van der Waals surface area contributed by atoms with E-state index in [4.69, 9.17) is 0 Å². The number of aryl methyl sites for hydroxylation is 1. The van der Waals surface area contributed by atoms with Crippen molar-refractivity contribution < 1.29 is 53.5 Å². The van der Waals surface area contributed by atoms with E-state index in [2.05, 4.69) is 5.10 Å². The summed E-state index contributed by atoms with van der Waals surface area (Å²) < 4.78 is 132. The first-order chi connectivity index (χ1) is 13.5. The zero-order valence-corrected chi connectivity index (χ0v) is 14.2. The zero-order valence-electron chi connectivity index (χ0n) is 14.2. The molecule has 0 bridgehead atoms. The summed E-state index contributed by atoms with van der Waals surface area (Å²) in [5, 5.41) is 3.96. The minimum Gasteiger partial charge on any atom is -0.318 e. The third-order valence-corrected chi connectivity index (χ3v) is 3.69. The number of hydrogen-bond donors (Lipinski definition) is 1. The first kappa shape index (κ1) is 23.2. The van der Waals surface area contributed by atoms with E-state index in [1.54, 1.807) is 0 Å². The van der Waals surface area contributed by atoms with Crippen LogP contribution in [0.15, 0.2) is 12.1 Å². The van der Waals surface area contributed by atoms with E-state index in [0.29, 0.717) is 19.2 Å². The Morgan fingerprint density at radius 3 is 2.10 bits per heavy atom. The minimum atomic E-state index is -6.48. The summed E-state index contributed by atoms with van der Waals surface area (Å²) in [6.07, 6.45) is -12.7. The van der Waals surface area contributed by atoms with Crippen LogP contribution in [0.3, 0.4) is 0 Å². The second kappa shape index (κ2) is 7.28. The Kier molecular flexibility index (Phi) is 5.62. The summed E-state index contributed by atoms with van der Waals surface area (Å²) in [5.41, 5.74) is -9.55. The van der Waals surface area contributed by atoms with E-state index in [-0.39, 0.29) is 11.0 Å². The van der Waals surface area contributed by atoms with Crippen molar-refractivity contribution in [2.75, 3.05) is 5.32 Å². The van der Waals surface area contributed by atoms with Gasteiger partial charge in [0.25, 0.3) is 5.91 Å². The average molecular weight is 451 g/mol. The lowest BCUT2D eigenvalue weighted by molar-refractivity contribution is -0.292. The number of nitrogens with one attached hydrogen (secondary N) is 1. The van der Waals surface area contributed by atoms with E-state index in [0.717, 1.165) is 0 Å². The number of carbonyl (C=O) groups excluding carboxylic acids is 2. The van der Waals surface area contributed by atoms with Gasteiger partial charge in [-0.25, -0.2) is 8.78 Å². The average Bonchev–Trinajstić information content (AvgIpc) is 2.95. The standard InChI is InChI=1S/C15H7F10N3O2/c1-28-10(12(30)26-7-3-2-6(16)5(4-29)9(7)17)8(14(20,21)22)11(27-28)13(18,19)15(23,24)25/h2-4H,1H3,(H,26,30). The molecule has 1 amide bonds. The molecular weight excluding hydrogens is 444 g/mol. The highest BCUT2D eigenvalue weighted by atomic mass is 19.4. The van der Waals surface area contributed by atoms with E-state index in [1.165, 1.54) is 5.32 Å². The van der Waals surface area contributed by atoms with E-state index in [1.807, 2.05) is 0 Å². The molecule has 2 rings (SSSR count). The third kappa shape index (κ3) is 3.82. The summed E-state index contributed by atoms with van der Waals surface area (Å²) in [5.74, 6) is -11.2. The number of aromatic nitrogens is 2. The maximum absolute atomic E-state index is 14.0. The van der Waals surface area contributed by atoms with Crippen molar-refractivity contribution in [3.8, 4) is 0 Å². The van der Waals surface area contributed by atoms with Crippen molar-refractivity contribution >= 4 is 17.9 Å². The summed E-state index contributed by atoms with van der Waals surface area (Å²) >= 11 is 0. The Hall–Kier alpha value is -3.13. The topological polar surface area (TPSA) is 64.0 Å². The monoisotopic (exact) mass is 451 g/mol. The van der Waals surface area contributed by atoms with Crippen molar-refractivity contribution in [3.63, 3.8) is 0 Å². The molecule has 1 heterocycles. The number of carbonyl (C=O) groups is 2. The van der Waals surface area contributed by atoms with Crippen LogP contribution in [-0.4, -0.2) is 28.2 Å². The quantitative estimate of drug-likeness (QED) is 0.553. The number of aldehydes is 1. The van der Waals surface area contributed by atoms with Crippen LogP contribution in [-0.2, 0) is 19.1 Å². The molecule has 15 heteroatoms. The lowest BCUT2D eigenvalue weighted by Crippen LogP contribution is -2.36. The highest BCUT2D eigenvalue weighted by Crippen LogP contribution is 2.48. The number of alkyl halides is 8. The van der Waals surface area contributed by atoms with Gasteiger partial charge in [-0.3, -0.25) is 14.3 Å². The van der Waals surface area contributed by atoms with Gasteiger partial charge in [-0.1, -0.05) is 0 Å². The molecule has 0 atom stereocenters. The maximum Gasteiger partial charge on any atom is 0.459 e. The van der Waals surface area contributed by atoms with E-state index in [9.17, 15) is 53.5 Å². The van der Waals surface area contributed by atoms with Gasteiger partial charge in [0.1, 0.15) is 17.1 Å². The van der Waals surface area contributed by atoms with Gasteiger partial charge in [-0.05, 0) is 12.1 Å².